The zero-order chi connectivity index (χ0) is 17.6. The quantitative estimate of drug-likeness (QED) is 0.854. The molecule has 0 aromatic heterocycles. The summed E-state index contributed by atoms with van der Waals surface area (Å²) in [6, 6.07) is 2.09. The smallest absolute Gasteiger partial charge is 0.203 e. The van der Waals surface area contributed by atoms with Gasteiger partial charge in [-0.15, -0.1) is 0 Å². The Morgan fingerprint density at radius 1 is 1.16 bits per heavy atom. The highest BCUT2D eigenvalue weighted by atomic mass is 16.5. The topological polar surface area (TPSA) is 51.2 Å². The summed E-state index contributed by atoms with van der Waals surface area (Å²) in [5, 5.41) is 10.9. The molecule has 5 nitrogen and oxygen atoms in total. The van der Waals surface area contributed by atoms with Gasteiger partial charge in [0.05, 0.1) is 25.9 Å². The fourth-order valence-corrected chi connectivity index (χ4v) is 5.09. The van der Waals surface area contributed by atoms with Crippen LogP contribution in [-0.4, -0.2) is 50.5 Å². The number of aromatic hydroxyl groups is 1. The van der Waals surface area contributed by atoms with Gasteiger partial charge in [-0.05, 0) is 49.4 Å². The van der Waals surface area contributed by atoms with Crippen molar-refractivity contribution in [2.45, 2.75) is 43.7 Å². The van der Waals surface area contributed by atoms with E-state index in [1.807, 2.05) is 0 Å². The van der Waals surface area contributed by atoms with E-state index < -0.39 is 0 Å². The van der Waals surface area contributed by atoms with E-state index >= 15 is 0 Å². The number of benzene rings is 1. The van der Waals surface area contributed by atoms with Crippen molar-refractivity contribution in [3.63, 3.8) is 0 Å². The van der Waals surface area contributed by atoms with Gasteiger partial charge in [-0.3, -0.25) is 4.90 Å². The molecule has 1 fully saturated rings. The number of phenolic OH excluding ortho intramolecular Hbond substituents is 1. The minimum atomic E-state index is -0.179. The number of rotatable bonds is 3. The number of hydrogen-bond acceptors (Lipinski definition) is 5. The molecule has 1 saturated heterocycles. The van der Waals surface area contributed by atoms with Crippen LogP contribution in [-0.2, 0) is 16.7 Å². The Morgan fingerprint density at radius 3 is 2.72 bits per heavy atom. The molecule has 2 unspecified atom stereocenters. The minimum Gasteiger partial charge on any atom is -0.504 e. The molecule has 2 aliphatic heterocycles. The summed E-state index contributed by atoms with van der Waals surface area (Å²) in [6.07, 6.45) is 7.43. The second kappa shape index (κ2) is 6.22. The van der Waals surface area contributed by atoms with Crippen LogP contribution in [0.4, 0.5) is 0 Å². The number of methoxy groups -OCH3 is 3. The second-order valence-corrected chi connectivity index (χ2v) is 7.21. The molecule has 2 heterocycles. The van der Waals surface area contributed by atoms with Gasteiger partial charge in [0.15, 0.2) is 11.5 Å². The number of hydrogen-bond donors (Lipinski definition) is 1. The highest BCUT2D eigenvalue weighted by Crippen LogP contribution is 2.55. The van der Waals surface area contributed by atoms with Crippen LogP contribution in [0.2, 0.25) is 0 Å². The summed E-state index contributed by atoms with van der Waals surface area (Å²) < 4.78 is 16.7. The lowest BCUT2D eigenvalue weighted by atomic mass is 9.73. The average molecular weight is 345 g/mol. The fourth-order valence-electron chi connectivity index (χ4n) is 5.09. The summed E-state index contributed by atoms with van der Waals surface area (Å²) in [4.78, 5) is 2.58. The molecule has 1 spiro atoms. The molecule has 0 saturated carbocycles. The lowest BCUT2D eigenvalue weighted by molar-refractivity contribution is 0.0346. The first-order valence-corrected chi connectivity index (χ1v) is 9.10. The van der Waals surface area contributed by atoms with E-state index in [1.54, 1.807) is 21.3 Å². The molecular weight excluding hydrogens is 318 g/mol. The number of fused-ring (bicyclic) bond motifs is 1. The summed E-state index contributed by atoms with van der Waals surface area (Å²) in [6.45, 7) is 2.10. The summed E-state index contributed by atoms with van der Waals surface area (Å²) in [5.74, 6) is 1.27. The SMILES string of the molecule is COc1cc2c(c(O)c1OC)CCCN1CCC3=CCC(OC)CC321. The van der Waals surface area contributed by atoms with Crippen molar-refractivity contribution < 1.29 is 19.3 Å². The van der Waals surface area contributed by atoms with Crippen LogP contribution >= 0.6 is 0 Å². The molecule has 1 aliphatic carbocycles. The first kappa shape index (κ1) is 16.7. The van der Waals surface area contributed by atoms with Crippen molar-refractivity contribution in [1.82, 2.24) is 4.90 Å². The third kappa shape index (κ3) is 2.29. The van der Waals surface area contributed by atoms with E-state index in [0.717, 1.165) is 50.8 Å². The number of nitrogens with zero attached hydrogens (tertiary/aromatic N) is 1. The van der Waals surface area contributed by atoms with Crippen LogP contribution in [0.1, 0.15) is 36.8 Å². The fraction of sp³-hybridized carbons (Fsp3) is 0.600. The highest BCUT2D eigenvalue weighted by Gasteiger charge is 2.51. The normalized spacial score (nSPS) is 28.4. The zero-order valence-electron chi connectivity index (χ0n) is 15.3. The molecule has 0 bridgehead atoms. The zero-order valence-corrected chi connectivity index (χ0v) is 15.3. The van der Waals surface area contributed by atoms with Crippen LogP contribution in [0.15, 0.2) is 17.7 Å². The Labute approximate surface area is 149 Å². The second-order valence-electron chi connectivity index (χ2n) is 7.21. The van der Waals surface area contributed by atoms with Crippen molar-refractivity contribution in [1.29, 1.82) is 0 Å². The molecular formula is C20H27NO4. The van der Waals surface area contributed by atoms with Gasteiger partial charge < -0.3 is 19.3 Å². The van der Waals surface area contributed by atoms with Crippen molar-refractivity contribution in [3.05, 3.63) is 28.8 Å². The van der Waals surface area contributed by atoms with Crippen molar-refractivity contribution in [2.75, 3.05) is 34.4 Å². The lowest BCUT2D eigenvalue weighted by Gasteiger charge is -2.44. The molecule has 3 aliphatic rings. The van der Waals surface area contributed by atoms with E-state index in [2.05, 4.69) is 17.0 Å². The third-order valence-electron chi connectivity index (χ3n) is 6.26. The molecule has 136 valence electrons. The summed E-state index contributed by atoms with van der Waals surface area (Å²) in [7, 11) is 5.00. The summed E-state index contributed by atoms with van der Waals surface area (Å²) in [5.41, 5.74) is 3.47. The largest absolute Gasteiger partial charge is 0.504 e. The molecule has 1 N–H and O–H groups in total. The van der Waals surface area contributed by atoms with Gasteiger partial charge in [-0.2, -0.15) is 0 Å². The first-order valence-electron chi connectivity index (χ1n) is 9.10. The Bertz CT molecular complexity index is 714. The average Bonchev–Trinajstić information content (AvgIpc) is 2.93. The maximum Gasteiger partial charge on any atom is 0.203 e. The van der Waals surface area contributed by atoms with Gasteiger partial charge in [0.2, 0.25) is 5.75 Å². The standard InChI is InChI=1S/C20H27NO4/c1-23-14-7-6-13-8-10-21-9-4-5-15-16(20(13,21)12-14)11-17(24-2)19(25-3)18(15)22/h6,11,14,22H,4-5,7-10,12H2,1-3H3. The number of phenols is 1. The molecule has 0 amide bonds. The lowest BCUT2D eigenvalue weighted by Crippen LogP contribution is -2.46. The molecule has 5 heteroatoms. The minimum absolute atomic E-state index is 0.179. The van der Waals surface area contributed by atoms with Crippen molar-refractivity contribution in [2.24, 2.45) is 0 Å². The Balaban J connectivity index is 1.97. The predicted octanol–water partition coefficient (Wildman–Crippen LogP) is 2.99. The van der Waals surface area contributed by atoms with Gasteiger partial charge in [0.1, 0.15) is 0 Å². The van der Waals surface area contributed by atoms with E-state index in [1.165, 1.54) is 11.1 Å². The van der Waals surface area contributed by atoms with Crippen molar-refractivity contribution >= 4 is 0 Å². The molecule has 25 heavy (non-hydrogen) atoms. The molecule has 1 aromatic carbocycles. The van der Waals surface area contributed by atoms with E-state index in [4.69, 9.17) is 14.2 Å². The van der Waals surface area contributed by atoms with Crippen LogP contribution < -0.4 is 9.47 Å². The molecule has 2 atom stereocenters. The van der Waals surface area contributed by atoms with Crippen LogP contribution in [0.3, 0.4) is 0 Å². The van der Waals surface area contributed by atoms with Crippen molar-refractivity contribution in [3.8, 4) is 17.2 Å². The predicted molar refractivity (Wildman–Crippen MR) is 95.5 cm³/mol. The van der Waals surface area contributed by atoms with Gasteiger partial charge in [-0.25, -0.2) is 0 Å². The van der Waals surface area contributed by atoms with Crippen LogP contribution in [0.5, 0.6) is 17.2 Å². The van der Waals surface area contributed by atoms with E-state index in [0.29, 0.717) is 11.5 Å². The molecule has 0 radical (unpaired) electrons. The molecule has 1 aromatic rings. The maximum atomic E-state index is 10.9. The molecule has 4 rings (SSSR count). The Hall–Kier alpha value is -1.72. The van der Waals surface area contributed by atoms with E-state index in [9.17, 15) is 5.11 Å². The Morgan fingerprint density at radius 2 is 2.00 bits per heavy atom. The maximum absolute atomic E-state index is 10.9. The third-order valence-corrected chi connectivity index (χ3v) is 6.26. The first-order chi connectivity index (χ1) is 12.2. The van der Waals surface area contributed by atoms with Crippen LogP contribution in [0, 0.1) is 0 Å². The summed E-state index contributed by atoms with van der Waals surface area (Å²) >= 11 is 0. The van der Waals surface area contributed by atoms with Gasteiger partial charge in [0.25, 0.3) is 0 Å². The Kier molecular flexibility index (Phi) is 4.16. The van der Waals surface area contributed by atoms with E-state index in [-0.39, 0.29) is 17.4 Å². The monoisotopic (exact) mass is 345 g/mol. The number of ether oxygens (including phenoxy) is 3. The highest BCUT2D eigenvalue weighted by molar-refractivity contribution is 5.62. The van der Waals surface area contributed by atoms with Gasteiger partial charge in [-0.1, -0.05) is 6.08 Å². The van der Waals surface area contributed by atoms with Gasteiger partial charge in [0, 0.05) is 25.6 Å². The van der Waals surface area contributed by atoms with Crippen LogP contribution in [0.25, 0.3) is 0 Å². The van der Waals surface area contributed by atoms with Gasteiger partial charge >= 0.3 is 0 Å².